The molecule has 2 aromatic rings. The van der Waals surface area contributed by atoms with Gasteiger partial charge in [-0.25, -0.2) is 0 Å². The van der Waals surface area contributed by atoms with Crippen molar-refractivity contribution in [3.05, 3.63) is 41.0 Å². The van der Waals surface area contributed by atoms with Crippen molar-refractivity contribution in [2.45, 2.75) is 0 Å². The molecular weight excluding hydrogens is 186 g/mol. The van der Waals surface area contributed by atoms with Gasteiger partial charge in [0.2, 0.25) is 0 Å². The third-order valence-corrected chi connectivity index (χ3v) is 2.04. The summed E-state index contributed by atoms with van der Waals surface area (Å²) in [6, 6.07) is 7.18. The molecule has 0 atom stereocenters. The van der Waals surface area contributed by atoms with Crippen LogP contribution in [0.4, 0.5) is 0 Å². The van der Waals surface area contributed by atoms with Gasteiger partial charge in [-0.2, -0.15) is 0 Å². The molecule has 0 unspecified atom stereocenters. The first-order valence-electron chi connectivity index (χ1n) is 3.80. The summed E-state index contributed by atoms with van der Waals surface area (Å²) in [5.74, 6) is 0. The molecule has 13 heavy (non-hydrogen) atoms. The van der Waals surface area contributed by atoms with E-state index in [0.29, 0.717) is 10.6 Å². The SMILES string of the molecule is O=Cc1cnc2cc(Cl)ccc2c1. The number of carbonyl (C=O) groups excluding carboxylic acids is 1. The van der Waals surface area contributed by atoms with Crippen LogP contribution in [0.25, 0.3) is 10.9 Å². The van der Waals surface area contributed by atoms with Gasteiger partial charge in [0.05, 0.1) is 5.52 Å². The molecule has 2 rings (SSSR count). The lowest BCUT2D eigenvalue weighted by atomic mass is 10.2. The van der Waals surface area contributed by atoms with E-state index in [0.717, 1.165) is 17.2 Å². The molecule has 0 bridgehead atoms. The predicted octanol–water partition coefficient (Wildman–Crippen LogP) is 2.70. The molecule has 0 radical (unpaired) electrons. The Balaban J connectivity index is 2.73. The van der Waals surface area contributed by atoms with E-state index in [2.05, 4.69) is 4.98 Å². The van der Waals surface area contributed by atoms with Crippen LogP contribution in [0.3, 0.4) is 0 Å². The zero-order valence-corrected chi connectivity index (χ0v) is 7.45. The van der Waals surface area contributed by atoms with E-state index >= 15 is 0 Å². The number of aldehydes is 1. The van der Waals surface area contributed by atoms with Gasteiger partial charge in [-0.15, -0.1) is 0 Å². The minimum Gasteiger partial charge on any atom is -0.298 e. The second kappa shape index (κ2) is 3.15. The Bertz CT molecular complexity index is 467. The molecule has 0 fully saturated rings. The van der Waals surface area contributed by atoms with E-state index in [1.54, 1.807) is 18.2 Å². The predicted molar refractivity (Wildman–Crippen MR) is 52.1 cm³/mol. The van der Waals surface area contributed by atoms with E-state index in [-0.39, 0.29) is 0 Å². The van der Waals surface area contributed by atoms with E-state index in [1.165, 1.54) is 6.20 Å². The van der Waals surface area contributed by atoms with Crippen molar-refractivity contribution in [1.82, 2.24) is 4.98 Å². The third kappa shape index (κ3) is 1.53. The van der Waals surface area contributed by atoms with Gasteiger partial charge in [-0.3, -0.25) is 9.78 Å². The summed E-state index contributed by atoms with van der Waals surface area (Å²) in [4.78, 5) is 14.5. The van der Waals surface area contributed by atoms with Gasteiger partial charge in [-0.05, 0) is 18.2 Å². The number of aromatic nitrogens is 1. The van der Waals surface area contributed by atoms with Crippen LogP contribution in [0, 0.1) is 0 Å². The van der Waals surface area contributed by atoms with E-state index in [4.69, 9.17) is 11.6 Å². The summed E-state index contributed by atoms with van der Waals surface area (Å²) in [7, 11) is 0. The highest BCUT2D eigenvalue weighted by Gasteiger charge is 1.97. The lowest BCUT2D eigenvalue weighted by molar-refractivity contribution is 0.112. The molecule has 0 aliphatic heterocycles. The van der Waals surface area contributed by atoms with Crippen LogP contribution in [-0.2, 0) is 0 Å². The molecule has 0 N–H and O–H groups in total. The smallest absolute Gasteiger partial charge is 0.151 e. The fourth-order valence-corrected chi connectivity index (χ4v) is 1.34. The maximum absolute atomic E-state index is 10.5. The Labute approximate surface area is 80.2 Å². The topological polar surface area (TPSA) is 30.0 Å². The Morgan fingerprint density at radius 2 is 2.15 bits per heavy atom. The number of benzene rings is 1. The second-order valence-corrected chi connectivity index (χ2v) is 3.16. The Hall–Kier alpha value is -1.41. The van der Waals surface area contributed by atoms with E-state index in [1.807, 2.05) is 6.07 Å². The van der Waals surface area contributed by atoms with E-state index in [9.17, 15) is 4.79 Å². The van der Waals surface area contributed by atoms with Crippen molar-refractivity contribution in [3.63, 3.8) is 0 Å². The lowest BCUT2D eigenvalue weighted by Gasteiger charge is -1.97. The normalized spacial score (nSPS) is 10.2. The molecule has 64 valence electrons. The molecule has 0 saturated heterocycles. The first kappa shape index (κ1) is 8.20. The van der Waals surface area contributed by atoms with Gasteiger partial charge in [0.1, 0.15) is 0 Å². The first-order chi connectivity index (χ1) is 6.29. The molecular formula is C10H6ClNO. The maximum Gasteiger partial charge on any atom is 0.151 e. The minimum atomic E-state index is 0.579. The number of carbonyl (C=O) groups is 1. The van der Waals surface area contributed by atoms with Crippen LogP contribution in [0.5, 0.6) is 0 Å². The molecule has 1 aromatic heterocycles. The van der Waals surface area contributed by atoms with Crippen molar-refractivity contribution in [1.29, 1.82) is 0 Å². The van der Waals surface area contributed by atoms with Gasteiger partial charge < -0.3 is 0 Å². The van der Waals surface area contributed by atoms with Gasteiger partial charge in [0, 0.05) is 22.2 Å². The highest BCUT2D eigenvalue weighted by Crippen LogP contribution is 2.17. The van der Waals surface area contributed by atoms with Crippen molar-refractivity contribution in [2.75, 3.05) is 0 Å². The summed E-state index contributed by atoms with van der Waals surface area (Å²) >= 11 is 5.78. The van der Waals surface area contributed by atoms with Crippen LogP contribution in [0.2, 0.25) is 5.02 Å². The molecule has 2 nitrogen and oxygen atoms in total. The van der Waals surface area contributed by atoms with Crippen molar-refractivity contribution >= 4 is 28.8 Å². The van der Waals surface area contributed by atoms with Crippen molar-refractivity contribution < 1.29 is 4.79 Å². The van der Waals surface area contributed by atoms with Crippen LogP contribution in [0.1, 0.15) is 10.4 Å². The van der Waals surface area contributed by atoms with Crippen molar-refractivity contribution in [3.8, 4) is 0 Å². The Kier molecular flexibility index (Phi) is 1.99. The zero-order chi connectivity index (χ0) is 9.26. The number of fused-ring (bicyclic) bond motifs is 1. The minimum absolute atomic E-state index is 0.579. The van der Waals surface area contributed by atoms with Crippen LogP contribution < -0.4 is 0 Å². The molecule has 0 amide bonds. The van der Waals surface area contributed by atoms with Gasteiger partial charge in [0.15, 0.2) is 6.29 Å². The molecule has 1 aromatic carbocycles. The maximum atomic E-state index is 10.5. The largest absolute Gasteiger partial charge is 0.298 e. The number of hydrogen-bond acceptors (Lipinski definition) is 2. The van der Waals surface area contributed by atoms with Crippen LogP contribution >= 0.6 is 11.6 Å². The monoisotopic (exact) mass is 191 g/mol. The summed E-state index contributed by atoms with van der Waals surface area (Å²) in [5, 5.41) is 1.58. The summed E-state index contributed by atoms with van der Waals surface area (Å²) < 4.78 is 0. The molecule has 0 aliphatic carbocycles. The Morgan fingerprint density at radius 3 is 2.92 bits per heavy atom. The van der Waals surface area contributed by atoms with Crippen molar-refractivity contribution in [2.24, 2.45) is 0 Å². The molecule has 0 aliphatic rings. The molecule has 1 heterocycles. The molecule has 0 saturated carbocycles. The van der Waals surface area contributed by atoms with Gasteiger partial charge in [-0.1, -0.05) is 17.7 Å². The number of pyridine rings is 1. The zero-order valence-electron chi connectivity index (χ0n) is 6.70. The summed E-state index contributed by atoms with van der Waals surface area (Å²) in [5.41, 5.74) is 1.38. The van der Waals surface area contributed by atoms with Crippen LogP contribution in [-0.4, -0.2) is 11.3 Å². The summed E-state index contributed by atoms with van der Waals surface area (Å²) in [6.07, 6.45) is 2.31. The highest BCUT2D eigenvalue weighted by atomic mass is 35.5. The summed E-state index contributed by atoms with van der Waals surface area (Å²) in [6.45, 7) is 0. The average molecular weight is 192 g/mol. The quantitative estimate of drug-likeness (QED) is 0.649. The molecule has 3 heteroatoms. The molecule has 0 spiro atoms. The van der Waals surface area contributed by atoms with E-state index < -0.39 is 0 Å². The number of nitrogens with zero attached hydrogens (tertiary/aromatic N) is 1. The third-order valence-electron chi connectivity index (χ3n) is 1.80. The first-order valence-corrected chi connectivity index (χ1v) is 4.18. The van der Waals surface area contributed by atoms with Crippen LogP contribution in [0.15, 0.2) is 30.5 Å². The Morgan fingerprint density at radius 1 is 1.31 bits per heavy atom. The highest BCUT2D eigenvalue weighted by molar-refractivity contribution is 6.31. The second-order valence-electron chi connectivity index (χ2n) is 2.72. The van der Waals surface area contributed by atoms with Gasteiger partial charge >= 0.3 is 0 Å². The number of halogens is 1. The lowest BCUT2D eigenvalue weighted by Crippen LogP contribution is -1.83. The van der Waals surface area contributed by atoms with Gasteiger partial charge in [0.25, 0.3) is 0 Å². The number of rotatable bonds is 1. The fraction of sp³-hybridized carbons (Fsp3) is 0. The standard InChI is InChI=1S/C10H6ClNO/c11-9-2-1-8-3-7(6-13)5-12-10(8)4-9/h1-6H. The number of hydrogen-bond donors (Lipinski definition) is 0. The average Bonchev–Trinajstić information content (AvgIpc) is 2.17. The fourth-order valence-electron chi connectivity index (χ4n) is 1.18.